The summed E-state index contributed by atoms with van der Waals surface area (Å²) in [6.07, 6.45) is 3.26. The van der Waals surface area contributed by atoms with Crippen LogP contribution in [0.2, 0.25) is 0 Å². The first-order valence-corrected chi connectivity index (χ1v) is 6.29. The fourth-order valence-electron chi connectivity index (χ4n) is 2.59. The summed E-state index contributed by atoms with van der Waals surface area (Å²) in [4.78, 5) is 14.2. The molecule has 1 aromatic carbocycles. The van der Waals surface area contributed by atoms with E-state index < -0.39 is 5.97 Å². The number of fused-ring (bicyclic) bond motifs is 1. The Kier molecular flexibility index (Phi) is 2.66. The van der Waals surface area contributed by atoms with Crippen molar-refractivity contribution in [1.29, 1.82) is 0 Å². The number of aliphatic carboxylic acids is 1. The number of aromatic nitrogens is 1. The maximum atomic E-state index is 13.4. The number of allylic oxidation sites excluding steroid dienone is 1. The fourth-order valence-corrected chi connectivity index (χ4v) is 2.59. The molecule has 19 heavy (non-hydrogen) atoms. The molecule has 0 atom stereocenters. The Labute approximate surface area is 109 Å². The number of aromatic amines is 1. The van der Waals surface area contributed by atoms with Gasteiger partial charge in [-0.3, -0.25) is 0 Å². The average molecular weight is 259 g/mol. The van der Waals surface area contributed by atoms with E-state index in [0.29, 0.717) is 0 Å². The van der Waals surface area contributed by atoms with E-state index in [-0.39, 0.29) is 11.7 Å². The second kappa shape index (κ2) is 4.23. The van der Waals surface area contributed by atoms with Crippen molar-refractivity contribution in [2.75, 3.05) is 0 Å². The highest BCUT2D eigenvalue weighted by Gasteiger charge is 2.30. The molecule has 2 N–H and O–H groups in total. The quantitative estimate of drug-likeness (QED) is 0.829. The molecule has 1 aromatic heterocycles. The molecule has 1 aliphatic rings. The maximum Gasteiger partial charge on any atom is 0.328 e. The molecule has 0 bridgehead atoms. The van der Waals surface area contributed by atoms with Crippen molar-refractivity contribution < 1.29 is 14.3 Å². The van der Waals surface area contributed by atoms with E-state index in [1.54, 1.807) is 6.07 Å². The second-order valence-electron chi connectivity index (χ2n) is 5.03. The van der Waals surface area contributed by atoms with Crippen molar-refractivity contribution in [3.63, 3.8) is 0 Å². The van der Waals surface area contributed by atoms with E-state index >= 15 is 0 Å². The molecular formula is C15H14FNO2. The highest BCUT2D eigenvalue weighted by molar-refractivity contribution is 6.00. The van der Waals surface area contributed by atoms with Crippen LogP contribution in [0.3, 0.4) is 0 Å². The Morgan fingerprint density at radius 1 is 1.47 bits per heavy atom. The maximum absolute atomic E-state index is 13.4. The van der Waals surface area contributed by atoms with Crippen LogP contribution in [0.4, 0.5) is 4.39 Å². The van der Waals surface area contributed by atoms with Crippen molar-refractivity contribution in [2.45, 2.75) is 19.8 Å². The van der Waals surface area contributed by atoms with E-state index in [1.165, 1.54) is 18.2 Å². The number of aryl methyl sites for hydroxylation is 1. The summed E-state index contributed by atoms with van der Waals surface area (Å²) in [5.74, 6) is -0.970. The molecule has 0 unspecified atom stereocenters. The molecule has 0 radical (unpaired) electrons. The summed E-state index contributed by atoms with van der Waals surface area (Å²) in [6.45, 7) is 1.89. The van der Waals surface area contributed by atoms with E-state index in [9.17, 15) is 9.18 Å². The second-order valence-corrected chi connectivity index (χ2v) is 5.03. The fraction of sp³-hybridized carbons (Fsp3) is 0.267. The van der Waals surface area contributed by atoms with Crippen LogP contribution in [0.15, 0.2) is 24.3 Å². The molecule has 2 aromatic rings. The van der Waals surface area contributed by atoms with Crippen molar-refractivity contribution in [3.8, 4) is 0 Å². The van der Waals surface area contributed by atoms with Gasteiger partial charge in [-0.25, -0.2) is 9.18 Å². The van der Waals surface area contributed by atoms with Crippen LogP contribution in [0.25, 0.3) is 16.5 Å². The lowest BCUT2D eigenvalue weighted by Crippen LogP contribution is -1.95. The average Bonchev–Trinajstić information content (AvgIpc) is 3.10. The molecule has 0 amide bonds. The van der Waals surface area contributed by atoms with Crippen molar-refractivity contribution in [3.05, 3.63) is 41.3 Å². The highest BCUT2D eigenvalue weighted by atomic mass is 19.1. The molecule has 0 spiro atoms. The van der Waals surface area contributed by atoms with Gasteiger partial charge in [0.05, 0.1) is 0 Å². The zero-order valence-corrected chi connectivity index (χ0v) is 10.5. The van der Waals surface area contributed by atoms with Gasteiger partial charge in [0, 0.05) is 28.2 Å². The van der Waals surface area contributed by atoms with E-state index in [2.05, 4.69) is 4.98 Å². The largest absolute Gasteiger partial charge is 0.478 e. The summed E-state index contributed by atoms with van der Waals surface area (Å²) in [5, 5.41) is 9.78. The van der Waals surface area contributed by atoms with Gasteiger partial charge in [0.25, 0.3) is 0 Å². The van der Waals surface area contributed by atoms with Crippen LogP contribution in [0.1, 0.15) is 24.1 Å². The molecule has 0 saturated heterocycles. The number of carboxylic acids is 1. The van der Waals surface area contributed by atoms with E-state index in [0.717, 1.165) is 40.6 Å². The predicted molar refractivity (Wildman–Crippen MR) is 71.3 cm³/mol. The first kappa shape index (κ1) is 12.0. The van der Waals surface area contributed by atoms with Gasteiger partial charge in [-0.15, -0.1) is 0 Å². The van der Waals surface area contributed by atoms with Gasteiger partial charge in [-0.05, 0) is 49.5 Å². The summed E-state index contributed by atoms with van der Waals surface area (Å²) in [5.41, 5.74) is 3.38. The number of nitrogens with one attached hydrogen (secondary N) is 1. The van der Waals surface area contributed by atoms with Gasteiger partial charge in [-0.1, -0.05) is 0 Å². The molecule has 0 aliphatic heterocycles. The number of halogens is 1. The van der Waals surface area contributed by atoms with Gasteiger partial charge >= 0.3 is 5.97 Å². The monoisotopic (exact) mass is 259 g/mol. The number of hydrogen-bond donors (Lipinski definition) is 2. The molecule has 4 heteroatoms. The van der Waals surface area contributed by atoms with E-state index in [1.807, 2.05) is 6.92 Å². The molecule has 1 fully saturated rings. The standard InChI is InChI=1S/C15H14FNO2/c1-8-15(11(7-14(18)19)9-2-3-9)12-6-10(16)4-5-13(12)17-8/h4-7,9,17H,2-3H2,1H3,(H,18,19)/b11-7+. The summed E-state index contributed by atoms with van der Waals surface area (Å²) in [7, 11) is 0. The minimum Gasteiger partial charge on any atom is -0.478 e. The van der Waals surface area contributed by atoms with E-state index in [4.69, 9.17) is 5.11 Å². The first-order valence-electron chi connectivity index (χ1n) is 6.29. The first-order chi connectivity index (χ1) is 9.06. The third kappa shape index (κ3) is 2.14. The zero-order valence-electron chi connectivity index (χ0n) is 10.5. The Morgan fingerprint density at radius 2 is 2.21 bits per heavy atom. The number of benzene rings is 1. The number of carbonyl (C=O) groups is 1. The minimum absolute atomic E-state index is 0.289. The van der Waals surface area contributed by atoms with Crippen LogP contribution < -0.4 is 0 Å². The Bertz CT molecular complexity index is 695. The van der Waals surface area contributed by atoms with Crippen molar-refractivity contribution >= 4 is 22.4 Å². The summed E-state index contributed by atoms with van der Waals surface area (Å²) >= 11 is 0. The third-order valence-corrected chi connectivity index (χ3v) is 3.53. The third-order valence-electron chi connectivity index (χ3n) is 3.53. The Hall–Kier alpha value is -2.10. The van der Waals surface area contributed by atoms with Crippen LogP contribution in [0, 0.1) is 18.7 Å². The topological polar surface area (TPSA) is 53.1 Å². The smallest absolute Gasteiger partial charge is 0.328 e. The normalized spacial score (nSPS) is 16.0. The molecule has 3 nitrogen and oxygen atoms in total. The van der Waals surface area contributed by atoms with Crippen molar-refractivity contribution in [1.82, 2.24) is 4.98 Å². The molecular weight excluding hydrogens is 245 g/mol. The molecule has 1 saturated carbocycles. The lowest BCUT2D eigenvalue weighted by molar-refractivity contribution is -0.131. The van der Waals surface area contributed by atoms with Crippen LogP contribution in [0.5, 0.6) is 0 Å². The van der Waals surface area contributed by atoms with Crippen molar-refractivity contribution in [2.24, 2.45) is 5.92 Å². The Morgan fingerprint density at radius 3 is 2.84 bits per heavy atom. The highest BCUT2D eigenvalue weighted by Crippen LogP contribution is 2.45. The molecule has 1 aliphatic carbocycles. The Balaban J connectivity index is 2.25. The summed E-state index contributed by atoms with van der Waals surface area (Å²) < 4.78 is 13.4. The predicted octanol–water partition coefficient (Wildman–Crippen LogP) is 3.49. The number of carboxylic acid groups (broad SMARTS) is 1. The molecule has 98 valence electrons. The zero-order chi connectivity index (χ0) is 13.6. The van der Waals surface area contributed by atoms with Gasteiger partial charge in [0.2, 0.25) is 0 Å². The van der Waals surface area contributed by atoms with Crippen LogP contribution in [-0.4, -0.2) is 16.1 Å². The van der Waals surface area contributed by atoms with Crippen LogP contribution >= 0.6 is 0 Å². The van der Waals surface area contributed by atoms with Gasteiger partial charge in [0.15, 0.2) is 0 Å². The molecule has 3 rings (SSSR count). The lowest BCUT2D eigenvalue weighted by atomic mass is 9.98. The van der Waals surface area contributed by atoms with Gasteiger partial charge < -0.3 is 10.1 Å². The van der Waals surface area contributed by atoms with Gasteiger partial charge in [-0.2, -0.15) is 0 Å². The SMILES string of the molecule is Cc1[nH]c2ccc(F)cc2c1/C(=C/C(=O)O)C1CC1. The summed E-state index contributed by atoms with van der Waals surface area (Å²) in [6, 6.07) is 4.55. The lowest BCUT2D eigenvalue weighted by Gasteiger charge is -2.06. The van der Waals surface area contributed by atoms with Gasteiger partial charge in [0.1, 0.15) is 5.82 Å². The number of H-pyrrole nitrogens is 1. The van der Waals surface area contributed by atoms with Crippen LogP contribution in [-0.2, 0) is 4.79 Å². The molecule has 1 heterocycles. The minimum atomic E-state index is -0.952. The number of rotatable bonds is 3. The number of hydrogen-bond acceptors (Lipinski definition) is 1.